The Morgan fingerprint density at radius 2 is 2.31 bits per heavy atom. The van der Waals surface area contributed by atoms with Crippen molar-refractivity contribution >= 4 is 33.0 Å². The van der Waals surface area contributed by atoms with E-state index >= 15 is 0 Å². The van der Waals surface area contributed by atoms with Crippen molar-refractivity contribution in [3.8, 4) is 0 Å². The average molecular weight is 261 g/mol. The lowest BCUT2D eigenvalue weighted by atomic mass is 10.1. The summed E-state index contributed by atoms with van der Waals surface area (Å²) in [5.41, 5.74) is 0.894. The quantitative estimate of drug-likeness (QED) is 0.742. The van der Waals surface area contributed by atoms with Crippen LogP contribution >= 0.6 is 27.3 Å². The third-order valence-corrected chi connectivity index (χ3v) is 3.50. The fraction of sp³-hybridized carbons (Fsp3) is 0.500. The Labute approximate surface area is 91.3 Å². The molecule has 1 rings (SSSR count). The first-order valence-electron chi connectivity index (χ1n) is 4.44. The lowest BCUT2D eigenvalue weighted by Crippen LogP contribution is -1.98. The smallest absolute Gasteiger partial charge is 0.164 e. The summed E-state index contributed by atoms with van der Waals surface area (Å²) in [6.45, 7) is 4.10. The van der Waals surface area contributed by atoms with Crippen LogP contribution in [0, 0.1) is 6.92 Å². The first-order chi connectivity index (χ1) is 6.15. The zero-order chi connectivity index (χ0) is 9.84. The van der Waals surface area contributed by atoms with E-state index in [0.717, 1.165) is 27.1 Å². The van der Waals surface area contributed by atoms with Gasteiger partial charge in [0.2, 0.25) is 0 Å². The van der Waals surface area contributed by atoms with Crippen LogP contribution in [0.3, 0.4) is 0 Å². The van der Waals surface area contributed by atoms with Crippen molar-refractivity contribution in [3.63, 3.8) is 0 Å². The third-order valence-electron chi connectivity index (χ3n) is 1.95. The number of unbranched alkanes of at least 4 members (excludes halogenated alkanes) is 1. The third kappa shape index (κ3) is 2.92. The molecule has 0 aliphatic carbocycles. The molecule has 0 saturated carbocycles. The van der Waals surface area contributed by atoms with Gasteiger partial charge in [-0.25, -0.2) is 0 Å². The molecule has 72 valence electrons. The molecule has 3 heteroatoms. The Morgan fingerprint density at radius 1 is 1.62 bits per heavy atom. The van der Waals surface area contributed by atoms with E-state index < -0.39 is 0 Å². The van der Waals surface area contributed by atoms with Crippen molar-refractivity contribution in [3.05, 3.63) is 20.3 Å². The Hall–Kier alpha value is -0.150. The second-order valence-corrected chi connectivity index (χ2v) is 5.68. The van der Waals surface area contributed by atoms with E-state index in [1.54, 1.807) is 11.3 Å². The predicted molar refractivity (Wildman–Crippen MR) is 60.6 cm³/mol. The topological polar surface area (TPSA) is 17.1 Å². The summed E-state index contributed by atoms with van der Waals surface area (Å²) in [5, 5.41) is 0. The second kappa shape index (κ2) is 4.91. The minimum atomic E-state index is 0.279. The van der Waals surface area contributed by atoms with Crippen LogP contribution in [0.5, 0.6) is 0 Å². The first-order valence-corrected chi connectivity index (χ1v) is 6.05. The van der Waals surface area contributed by atoms with Crippen LogP contribution in [-0.4, -0.2) is 5.78 Å². The van der Waals surface area contributed by atoms with Crippen molar-refractivity contribution in [1.82, 2.24) is 0 Å². The zero-order valence-electron chi connectivity index (χ0n) is 7.89. The van der Waals surface area contributed by atoms with Crippen LogP contribution in [0.2, 0.25) is 0 Å². The Bertz CT molecular complexity index is 304. The van der Waals surface area contributed by atoms with Gasteiger partial charge in [-0.2, -0.15) is 0 Å². The van der Waals surface area contributed by atoms with Gasteiger partial charge in [0, 0.05) is 16.9 Å². The Balaban J connectivity index is 2.70. The molecule has 0 saturated heterocycles. The molecule has 0 radical (unpaired) electrons. The van der Waals surface area contributed by atoms with Crippen molar-refractivity contribution < 1.29 is 4.79 Å². The number of thiophene rings is 1. The van der Waals surface area contributed by atoms with E-state index in [2.05, 4.69) is 22.9 Å². The van der Waals surface area contributed by atoms with Crippen molar-refractivity contribution in [2.24, 2.45) is 0 Å². The van der Waals surface area contributed by atoms with Gasteiger partial charge in [0.1, 0.15) is 0 Å². The Kier molecular flexibility index (Phi) is 4.13. The van der Waals surface area contributed by atoms with Gasteiger partial charge in [0.05, 0.1) is 3.79 Å². The number of rotatable bonds is 4. The van der Waals surface area contributed by atoms with Gasteiger partial charge in [-0.05, 0) is 35.3 Å². The van der Waals surface area contributed by atoms with Gasteiger partial charge in [-0.1, -0.05) is 13.3 Å². The molecule has 0 unspecified atom stereocenters. The lowest BCUT2D eigenvalue weighted by Gasteiger charge is -1.97. The molecule has 1 aromatic rings. The molecule has 0 aliphatic heterocycles. The molecule has 0 spiro atoms. The second-order valence-electron chi connectivity index (χ2n) is 3.05. The van der Waals surface area contributed by atoms with Gasteiger partial charge in [0.15, 0.2) is 5.78 Å². The molecular weight excluding hydrogens is 248 g/mol. The normalized spacial score (nSPS) is 10.4. The molecule has 0 atom stereocenters. The average Bonchev–Trinajstić information content (AvgIpc) is 2.41. The van der Waals surface area contributed by atoms with Gasteiger partial charge in [-0.15, -0.1) is 11.3 Å². The number of carbonyl (C=O) groups excluding carboxylic acids is 1. The highest BCUT2D eigenvalue weighted by molar-refractivity contribution is 9.11. The minimum Gasteiger partial charge on any atom is -0.294 e. The summed E-state index contributed by atoms with van der Waals surface area (Å²) < 4.78 is 1.05. The summed E-state index contributed by atoms with van der Waals surface area (Å²) >= 11 is 5.01. The van der Waals surface area contributed by atoms with E-state index in [9.17, 15) is 4.79 Å². The number of hydrogen-bond donors (Lipinski definition) is 0. The van der Waals surface area contributed by atoms with E-state index in [-0.39, 0.29) is 5.78 Å². The molecule has 1 nitrogen and oxygen atoms in total. The van der Waals surface area contributed by atoms with E-state index in [1.165, 1.54) is 0 Å². The van der Waals surface area contributed by atoms with Crippen LogP contribution in [0.25, 0.3) is 0 Å². The highest BCUT2D eigenvalue weighted by Gasteiger charge is 2.11. The number of hydrogen-bond acceptors (Lipinski definition) is 2. The highest BCUT2D eigenvalue weighted by Crippen LogP contribution is 2.27. The summed E-state index contributed by atoms with van der Waals surface area (Å²) in [5.74, 6) is 0.279. The fourth-order valence-electron chi connectivity index (χ4n) is 1.19. The van der Waals surface area contributed by atoms with E-state index in [1.807, 2.05) is 13.0 Å². The number of halogens is 1. The molecule has 0 fully saturated rings. The highest BCUT2D eigenvalue weighted by atomic mass is 79.9. The van der Waals surface area contributed by atoms with Crippen LogP contribution in [0.15, 0.2) is 9.85 Å². The number of aryl methyl sites for hydroxylation is 1. The largest absolute Gasteiger partial charge is 0.294 e. The van der Waals surface area contributed by atoms with Crippen molar-refractivity contribution in [2.45, 2.75) is 33.1 Å². The number of Topliss-reactive ketones (excluding diaryl/α,β-unsaturated/α-hetero) is 1. The van der Waals surface area contributed by atoms with Gasteiger partial charge < -0.3 is 0 Å². The zero-order valence-corrected chi connectivity index (χ0v) is 10.3. The summed E-state index contributed by atoms with van der Waals surface area (Å²) in [4.78, 5) is 12.7. The van der Waals surface area contributed by atoms with Crippen LogP contribution in [-0.2, 0) is 0 Å². The Morgan fingerprint density at radius 3 is 2.77 bits per heavy atom. The predicted octanol–water partition coefficient (Wildman–Crippen LogP) is 4.19. The van der Waals surface area contributed by atoms with Crippen LogP contribution in [0.1, 0.15) is 41.4 Å². The molecule has 0 aliphatic rings. The molecule has 1 heterocycles. The van der Waals surface area contributed by atoms with Crippen LogP contribution in [0.4, 0.5) is 0 Å². The fourth-order valence-corrected chi connectivity index (χ4v) is 2.90. The van der Waals surface area contributed by atoms with Gasteiger partial charge >= 0.3 is 0 Å². The molecule has 1 aromatic heterocycles. The minimum absolute atomic E-state index is 0.279. The molecule has 0 bridgehead atoms. The summed E-state index contributed by atoms with van der Waals surface area (Å²) in [6, 6.07) is 1.93. The van der Waals surface area contributed by atoms with E-state index in [0.29, 0.717) is 6.42 Å². The number of ketones is 1. The molecular formula is C10H13BrOS. The van der Waals surface area contributed by atoms with Crippen molar-refractivity contribution in [1.29, 1.82) is 0 Å². The maximum absolute atomic E-state index is 11.6. The van der Waals surface area contributed by atoms with Crippen LogP contribution < -0.4 is 0 Å². The van der Waals surface area contributed by atoms with Crippen molar-refractivity contribution in [2.75, 3.05) is 0 Å². The monoisotopic (exact) mass is 260 g/mol. The van der Waals surface area contributed by atoms with Gasteiger partial charge in [-0.3, -0.25) is 4.79 Å². The summed E-state index contributed by atoms with van der Waals surface area (Å²) in [6.07, 6.45) is 2.75. The molecule has 0 aromatic carbocycles. The van der Waals surface area contributed by atoms with E-state index in [4.69, 9.17) is 0 Å². The molecule has 0 N–H and O–H groups in total. The SMILES string of the molecule is CCCCC(=O)c1cc(Br)sc1C. The maximum Gasteiger partial charge on any atom is 0.164 e. The number of carbonyl (C=O) groups is 1. The molecule has 0 amide bonds. The molecule has 13 heavy (non-hydrogen) atoms. The maximum atomic E-state index is 11.6. The first kappa shape index (κ1) is 10.9. The lowest BCUT2D eigenvalue weighted by molar-refractivity contribution is 0.0979. The summed E-state index contributed by atoms with van der Waals surface area (Å²) in [7, 11) is 0. The standard InChI is InChI=1S/C10H13BrOS/c1-3-4-5-9(12)8-6-10(11)13-7(8)2/h6H,3-5H2,1-2H3. The van der Waals surface area contributed by atoms with Gasteiger partial charge in [0.25, 0.3) is 0 Å².